The van der Waals surface area contributed by atoms with Gasteiger partial charge in [0.25, 0.3) is 0 Å². The summed E-state index contributed by atoms with van der Waals surface area (Å²) in [6, 6.07) is 10.9. The topological polar surface area (TPSA) is 21.3 Å². The largest absolute Gasteiger partial charge is 0.372 e. The predicted molar refractivity (Wildman–Crippen MR) is 84.8 cm³/mol. The summed E-state index contributed by atoms with van der Waals surface area (Å²) in [5, 5.41) is 3.49. The minimum Gasteiger partial charge on any atom is -0.372 e. The van der Waals surface area contributed by atoms with E-state index in [-0.39, 0.29) is 12.1 Å². The first-order chi connectivity index (χ1) is 9.86. The molecule has 1 aromatic rings. The Morgan fingerprint density at radius 2 is 1.95 bits per heavy atom. The van der Waals surface area contributed by atoms with E-state index in [0.717, 1.165) is 6.61 Å². The normalized spacial score (nSPS) is 19.0. The molecule has 0 radical (unpaired) electrons. The second-order valence-corrected chi connectivity index (χ2v) is 5.43. The number of hydrogen-bond donors (Lipinski definition) is 1. The van der Waals surface area contributed by atoms with Gasteiger partial charge in [-0.3, -0.25) is 0 Å². The molecular weight excluding hydrogens is 246 g/mol. The number of allylic oxidation sites excluding steroid dienone is 1. The number of benzene rings is 1. The molecule has 2 heteroatoms. The van der Waals surface area contributed by atoms with Gasteiger partial charge in [0.15, 0.2) is 0 Å². The van der Waals surface area contributed by atoms with Crippen molar-refractivity contribution in [3.8, 4) is 0 Å². The molecule has 0 aliphatic heterocycles. The molecule has 0 saturated carbocycles. The highest BCUT2D eigenvalue weighted by Crippen LogP contribution is 2.30. The summed E-state index contributed by atoms with van der Waals surface area (Å²) in [7, 11) is 2.05. The van der Waals surface area contributed by atoms with Gasteiger partial charge in [0.05, 0.1) is 6.04 Å². The van der Waals surface area contributed by atoms with E-state index >= 15 is 0 Å². The Bertz CT molecular complexity index is 413. The summed E-state index contributed by atoms with van der Waals surface area (Å²) in [6.07, 6.45) is 8.92. The smallest absolute Gasteiger partial charge is 0.102 e. The van der Waals surface area contributed by atoms with E-state index in [2.05, 4.69) is 48.6 Å². The average molecular weight is 273 g/mol. The molecule has 1 aromatic carbocycles. The van der Waals surface area contributed by atoms with E-state index in [4.69, 9.17) is 4.74 Å². The summed E-state index contributed by atoms with van der Waals surface area (Å²) in [5.41, 5.74) is 2.78. The lowest BCUT2D eigenvalue weighted by Gasteiger charge is -2.29. The van der Waals surface area contributed by atoms with Gasteiger partial charge in [-0.2, -0.15) is 0 Å². The fourth-order valence-electron chi connectivity index (χ4n) is 3.06. The van der Waals surface area contributed by atoms with Crippen LogP contribution in [0, 0.1) is 0 Å². The molecule has 1 aliphatic carbocycles. The third kappa shape index (κ3) is 3.94. The van der Waals surface area contributed by atoms with E-state index in [1.807, 2.05) is 7.05 Å². The van der Waals surface area contributed by atoms with E-state index in [9.17, 15) is 0 Å². The minimum absolute atomic E-state index is 0.107. The van der Waals surface area contributed by atoms with E-state index in [1.165, 1.54) is 43.2 Å². The fourth-order valence-corrected chi connectivity index (χ4v) is 3.06. The maximum absolute atomic E-state index is 6.07. The lowest BCUT2D eigenvalue weighted by Crippen LogP contribution is -2.35. The lowest BCUT2D eigenvalue weighted by atomic mass is 9.92. The van der Waals surface area contributed by atoms with Gasteiger partial charge in [0.1, 0.15) is 6.10 Å². The number of hydrogen-bond acceptors (Lipinski definition) is 2. The van der Waals surface area contributed by atoms with Crippen LogP contribution >= 0.6 is 0 Å². The highest BCUT2D eigenvalue weighted by atomic mass is 16.5. The van der Waals surface area contributed by atoms with Crippen molar-refractivity contribution in [2.24, 2.45) is 0 Å². The summed E-state index contributed by atoms with van der Waals surface area (Å²) >= 11 is 0. The second kappa shape index (κ2) is 8.23. The first kappa shape index (κ1) is 15.3. The van der Waals surface area contributed by atoms with Gasteiger partial charge >= 0.3 is 0 Å². The van der Waals surface area contributed by atoms with Crippen molar-refractivity contribution in [3.05, 3.63) is 47.5 Å². The van der Waals surface area contributed by atoms with Gasteiger partial charge in [-0.25, -0.2) is 0 Å². The minimum atomic E-state index is 0.107. The maximum atomic E-state index is 6.07. The molecular formula is C18H27NO. The van der Waals surface area contributed by atoms with Crippen molar-refractivity contribution in [2.75, 3.05) is 13.7 Å². The summed E-state index contributed by atoms with van der Waals surface area (Å²) in [4.78, 5) is 0. The second-order valence-electron chi connectivity index (χ2n) is 5.43. The van der Waals surface area contributed by atoms with Crippen molar-refractivity contribution in [1.29, 1.82) is 0 Å². The van der Waals surface area contributed by atoms with Gasteiger partial charge in [-0.15, -0.1) is 0 Å². The Hall–Kier alpha value is -1.12. The molecule has 0 spiro atoms. The zero-order valence-electron chi connectivity index (χ0n) is 12.8. The Morgan fingerprint density at radius 3 is 2.65 bits per heavy atom. The van der Waals surface area contributed by atoms with Crippen LogP contribution < -0.4 is 5.32 Å². The number of ether oxygens (including phenoxy) is 1. The summed E-state index contributed by atoms with van der Waals surface area (Å²) in [6.45, 7) is 2.81. The zero-order chi connectivity index (χ0) is 14.2. The van der Waals surface area contributed by atoms with Gasteiger partial charge in [-0.1, -0.05) is 48.4 Å². The predicted octanol–water partition coefficient (Wildman–Crippen LogP) is 4.24. The Balaban J connectivity index is 2.22. The van der Waals surface area contributed by atoms with Crippen LogP contribution in [0.15, 0.2) is 42.0 Å². The van der Waals surface area contributed by atoms with E-state index in [1.54, 1.807) is 0 Å². The molecule has 20 heavy (non-hydrogen) atoms. The standard InChI is InChI=1S/C18H27NO/c1-3-20-18(16-13-9-6-10-14-16)17(19-2)15-11-7-4-5-8-12-15/h6,9-11,13-14,17-19H,3-5,7-8,12H2,1-2H3. The highest BCUT2D eigenvalue weighted by Gasteiger charge is 2.25. The van der Waals surface area contributed by atoms with Crippen molar-refractivity contribution in [2.45, 2.75) is 51.2 Å². The van der Waals surface area contributed by atoms with Crippen LogP contribution in [-0.4, -0.2) is 19.7 Å². The monoisotopic (exact) mass is 273 g/mol. The molecule has 2 rings (SSSR count). The molecule has 0 aromatic heterocycles. The lowest BCUT2D eigenvalue weighted by molar-refractivity contribution is 0.0432. The Morgan fingerprint density at radius 1 is 1.15 bits per heavy atom. The first-order valence-electron chi connectivity index (χ1n) is 7.89. The Labute approximate surface area is 123 Å². The van der Waals surface area contributed by atoms with Crippen LogP contribution in [0.5, 0.6) is 0 Å². The van der Waals surface area contributed by atoms with Gasteiger partial charge in [-0.05, 0) is 45.2 Å². The van der Waals surface area contributed by atoms with Crippen molar-refractivity contribution in [1.82, 2.24) is 5.32 Å². The Kier molecular flexibility index (Phi) is 6.28. The average Bonchev–Trinajstić information content (AvgIpc) is 2.77. The molecule has 0 amide bonds. The van der Waals surface area contributed by atoms with Crippen molar-refractivity contribution in [3.63, 3.8) is 0 Å². The van der Waals surface area contributed by atoms with Crippen LogP contribution in [0.25, 0.3) is 0 Å². The molecule has 0 saturated heterocycles. The molecule has 2 atom stereocenters. The van der Waals surface area contributed by atoms with Gasteiger partial charge < -0.3 is 10.1 Å². The quantitative estimate of drug-likeness (QED) is 0.783. The van der Waals surface area contributed by atoms with Crippen LogP contribution in [0.2, 0.25) is 0 Å². The molecule has 110 valence electrons. The summed E-state index contributed by atoms with van der Waals surface area (Å²) < 4.78 is 6.07. The van der Waals surface area contributed by atoms with Gasteiger partial charge in [0, 0.05) is 6.61 Å². The molecule has 0 heterocycles. The molecule has 0 fully saturated rings. The zero-order valence-corrected chi connectivity index (χ0v) is 12.8. The maximum Gasteiger partial charge on any atom is 0.102 e. The number of nitrogens with one attached hydrogen (secondary N) is 1. The van der Waals surface area contributed by atoms with Crippen LogP contribution in [0.1, 0.15) is 50.7 Å². The van der Waals surface area contributed by atoms with Crippen LogP contribution in [0.3, 0.4) is 0 Å². The fraction of sp³-hybridized carbons (Fsp3) is 0.556. The third-order valence-electron chi connectivity index (χ3n) is 4.06. The van der Waals surface area contributed by atoms with Crippen molar-refractivity contribution < 1.29 is 4.74 Å². The summed E-state index contributed by atoms with van der Waals surface area (Å²) in [5.74, 6) is 0. The van der Waals surface area contributed by atoms with E-state index in [0.29, 0.717) is 0 Å². The van der Waals surface area contributed by atoms with Crippen molar-refractivity contribution >= 4 is 0 Å². The van der Waals surface area contributed by atoms with Crippen LogP contribution in [-0.2, 0) is 4.74 Å². The number of rotatable bonds is 6. The third-order valence-corrected chi connectivity index (χ3v) is 4.06. The SMILES string of the molecule is CCOC(c1ccccc1)C(NC)C1=CCCCCC1. The molecule has 2 nitrogen and oxygen atoms in total. The first-order valence-corrected chi connectivity index (χ1v) is 7.89. The van der Waals surface area contributed by atoms with Gasteiger partial charge in [0.2, 0.25) is 0 Å². The molecule has 2 unspecified atom stereocenters. The molecule has 0 bridgehead atoms. The van der Waals surface area contributed by atoms with E-state index < -0.39 is 0 Å². The highest BCUT2D eigenvalue weighted by molar-refractivity contribution is 5.25. The van der Waals surface area contributed by atoms with Crippen LogP contribution in [0.4, 0.5) is 0 Å². The molecule has 1 aliphatic rings. The number of likely N-dealkylation sites (N-methyl/N-ethyl adjacent to an activating group) is 1. The molecule has 1 N–H and O–H groups in total.